The van der Waals surface area contributed by atoms with Gasteiger partial charge in [0.25, 0.3) is 11.5 Å². The maximum absolute atomic E-state index is 13.0. The second-order valence-electron chi connectivity index (χ2n) is 8.75. The molecule has 1 aromatic heterocycles. The predicted molar refractivity (Wildman–Crippen MR) is 132 cm³/mol. The number of rotatable bonds is 8. The Morgan fingerprint density at radius 2 is 2.03 bits per heavy atom. The van der Waals surface area contributed by atoms with Crippen molar-refractivity contribution < 1.29 is 19.4 Å². The number of amides is 1. The largest absolute Gasteiger partial charge is 0.489 e. The van der Waals surface area contributed by atoms with E-state index >= 15 is 0 Å². The molecule has 0 aliphatic carbocycles. The van der Waals surface area contributed by atoms with Gasteiger partial charge in [0.2, 0.25) is 0 Å². The molecule has 0 radical (unpaired) electrons. The number of halogens is 2. The van der Waals surface area contributed by atoms with Crippen molar-refractivity contribution in [1.29, 1.82) is 0 Å². The zero-order valence-electron chi connectivity index (χ0n) is 18.9. The molecule has 186 valence electrons. The number of aryl methyl sites for hydroxylation is 1. The summed E-state index contributed by atoms with van der Waals surface area (Å²) in [5.41, 5.74) is 0.248. The number of H-pyrrole nitrogens is 1. The average Bonchev–Trinajstić information content (AvgIpc) is 3.08. The third-order valence-electron chi connectivity index (χ3n) is 6.27. The summed E-state index contributed by atoms with van der Waals surface area (Å²) in [4.78, 5) is 26.4. The number of fused-ring (bicyclic) bond motifs is 1. The molecule has 1 fully saturated rings. The summed E-state index contributed by atoms with van der Waals surface area (Å²) in [7, 11) is 0. The average molecular weight is 558 g/mol. The van der Waals surface area contributed by atoms with Crippen molar-refractivity contribution in [3.05, 3.63) is 43.7 Å². The number of nitrogens with zero attached hydrogens (tertiary/aromatic N) is 2. The van der Waals surface area contributed by atoms with Gasteiger partial charge in [0, 0.05) is 44.2 Å². The minimum Gasteiger partial charge on any atom is -0.489 e. The molecule has 4 rings (SSSR count). The molecule has 1 amide bonds. The number of aromatic amines is 1. The number of aliphatic hydroxyl groups excluding tert-OH is 1. The van der Waals surface area contributed by atoms with Gasteiger partial charge in [-0.3, -0.25) is 19.4 Å². The van der Waals surface area contributed by atoms with Crippen molar-refractivity contribution in [3.63, 3.8) is 0 Å². The van der Waals surface area contributed by atoms with Gasteiger partial charge >= 0.3 is 0 Å². The van der Waals surface area contributed by atoms with Gasteiger partial charge in [0.15, 0.2) is 11.5 Å². The SMILES string of the molecule is O=C(NCC1CCN(CCCCn2ccc(=O)[nH]2)CC1O)c1cc(Cl)c(Br)c2c1OCCCO2. The van der Waals surface area contributed by atoms with Gasteiger partial charge in [-0.25, -0.2) is 0 Å². The topological polar surface area (TPSA) is 109 Å². The Bertz CT molecular complexity index is 1060. The molecule has 2 aromatic rings. The van der Waals surface area contributed by atoms with Gasteiger partial charge in [-0.1, -0.05) is 11.6 Å². The minimum absolute atomic E-state index is 0.0214. The number of likely N-dealkylation sites (tertiary alicyclic amines) is 1. The standard InChI is InChI=1S/C23H30BrClN4O5/c24-20-17(25)12-16(21-22(20)34-11-3-10-33-21)23(32)26-13-15-4-8-28(14-18(15)30)6-1-2-7-29-9-5-19(31)27-29/h5,9,12,15,18,30H,1-4,6-8,10-11,13-14H2,(H,26,32)(H,27,31). The van der Waals surface area contributed by atoms with Crippen LogP contribution in [0.15, 0.2) is 27.6 Å². The van der Waals surface area contributed by atoms with Gasteiger partial charge in [0.1, 0.15) is 0 Å². The van der Waals surface area contributed by atoms with Crippen LogP contribution in [-0.2, 0) is 6.54 Å². The molecule has 2 atom stereocenters. The van der Waals surface area contributed by atoms with Crippen molar-refractivity contribution in [2.75, 3.05) is 39.4 Å². The molecule has 9 nitrogen and oxygen atoms in total. The molecule has 1 aromatic carbocycles. The Hall–Kier alpha value is -2.01. The molecule has 1 saturated heterocycles. The third kappa shape index (κ3) is 6.16. The number of nitrogens with one attached hydrogen (secondary N) is 2. The van der Waals surface area contributed by atoms with Crippen LogP contribution in [0.2, 0.25) is 5.02 Å². The van der Waals surface area contributed by atoms with Gasteiger partial charge in [-0.2, -0.15) is 0 Å². The highest BCUT2D eigenvalue weighted by Crippen LogP contribution is 2.44. The fourth-order valence-electron chi connectivity index (χ4n) is 4.36. The van der Waals surface area contributed by atoms with Crippen LogP contribution in [0.4, 0.5) is 0 Å². The lowest BCUT2D eigenvalue weighted by atomic mass is 9.93. The van der Waals surface area contributed by atoms with Crippen molar-refractivity contribution >= 4 is 33.4 Å². The number of β-amino-alcohol motifs (C(OH)–C–C–N with tert-alkyl or cyclic N) is 1. The summed E-state index contributed by atoms with van der Waals surface area (Å²) in [6, 6.07) is 3.10. The number of hydrogen-bond acceptors (Lipinski definition) is 6. The maximum atomic E-state index is 13.0. The van der Waals surface area contributed by atoms with E-state index in [4.69, 9.17) is 21.1 Å². The van der Waals surface area contributed by atoms with Gasteiger partial charge in [-0.15, -0.1) is 0 Å². The predicted octanol–water partition coefficient (Wildman–Crippen LogP) is 2.65. The van der Waals surface area contributed by atoms with Crippen molar-refractivity contribution in [2.45, 2.75) is 38.3 Å². The minimum atomic E-state index is -0.514. The second kappa shape index (κ2) is 11.6. The number of carbonyl (C=O) groups excluding carboxylic acids is 1. The molecule has 2 unspecified atom stereocenters. The van der Waals surface area contributed by atoms with Crippen LogP contribution >= 0.6 is 27.5 Å². The molecule has 0 spiro atoms. The zero-order valence-corrected chi connectivity index (χ0v) is 21.2. The Labute approximate surface area is 211 Å². The van der Waals surface area contributed by atoms with E-state index in [0.717, 1.165) is 45.3 Å². The lowest BCUT2D eigenvalue weighted by molar-refractivity contribution is 0.0215. The van der Waals surface area contributed by atoms with Crippen LogP contribution in [0.5, 0.6) is 11.5 Å². The Morgan fingerprint density at radius 1 is 1.26 bits per heavy atom. The van der Waals surface area contributed by atoms with E-state index in [1.807, 2.05) is 0 Å². The van der Waals surface area contributed by atoms with Crippen LogP contribution in [0, 0.1) is 5.92 Å². The monoisotopic (exact) mass is 556 g/mol. The Morgan fingerprint density at radius 3 is 2.76 bits per heavy atom. The summed E-state index contributed by atoms with van der Waals surface area (Å²) >= 11 is 9.71. The lowest BCUT2D eigenvalue weighted by Crippen LogP contribution is -2.47. The first kappa shape index (κ1) is 25.1. The number of aliphatic hydroxyl groups is 1. The van der Waals surface area contributed by atoms with Crippen molar-refractivity contribution in [3.8, 4) is 11.5 Å². The molecular formula is C23H30BrClN4O5. The molecule has 3 heterocycles. The molecular weight excluding hydrogens is 528 g/mol. The molecule has 2 aliphatic heterocycles. The first-order valence-corrected chi connectivity index (χ1v) is 12.8. The van der Waals surface area contributed by atoms with E-state index in [-0.39, 0.29) is 17.4 Å². The van der Waals surface area contributed by atoms with Crippen molar-refractivity contribution in [2.24, 2.45) is 5.92 Å². The van der Waals surface area contributed by atoms with E-state index < -0.39 is 6.10 Å². The van der Waals surface area contributed by atoms with E-state index in [1.165, 1.54) is 6.07 Å². The summed E-state index contributed by atoms with van der Waals surface area (Å²) in [5, 5.41) is 16.7. The quantitative estimate of drug-likeness (QED) is 0.431. The van der Waals surface area contributed by atoms with Gasteiger partial charge in [-0.05, 0) is 54.3 Å². The number of aromatic nitrogens is 2. The smallest absolute Gasteiger partial charge is 0.264 e. The van der Waals surface area contributed by atoms with E-state index in [2.05, 4.69) is 31.2 Å². The number of benzene rings is 1. The fraction of sp³-hybridized carbons (Fsp3) is 0.565. The van der Waals surface area contributed by atoms with Crippen LogP contribution < -0.4 is 20.3 Å². The highest BCUT2D eigenvalue weighted by Gasteiger charge is 2.29. The van der Waals surface area contributed by atoms with Crippen LogP contribution in [-0.4, -0.2) is 71.2 Å². The highest BCUT2D eigenvalue weighted by atomic mass is 79.9. The summed E-state index contributed by atoms with van der Waals surface area (Å²) in [5.74, 6) is 0.526. The number of carbonyl (C=O) groups is 1. The van der Waals surface area contributed by atoms with Gasteiger partial charge in [0.05, 0.1) is 34.4 Å². The lowest BCUT2D eigenvalue weighted by Gasteiger charge is -2.36. The van der Waals surface area contributed by atoms with Crippen LogP contribution in [0.25, 0.3) is 0 Å². The molecule has 34 heavy (non-hydrogen) atoms. The van der Waals surface area contributed by atoms with Crippen LogP contribution in [0.3, 0.4) is 0 Å². The normalized spacial score (nSPS) is 20.7. The molecule has 2 aliphatic rings. The Kier molecular flexibility index (Phi) is 8.57. The van der Waals surface area contributed by atoms with E-state index in [9.17, 15) is 14.7 Å². The van der Waals surface area contributed by atoms with Gasteiger partial charge < -0.3 is 24.8 Å². The number of ether oxygens (including phenoxy) is 2. The Balaban J connectivity index is 1.25. The first-order chi connectivity index (χ1) is 16.4. The van der Waals surface area contributed by atoms with Crippen LogP contribution in [0.1, 0.15) is 36.0 Å². The molecule has 3 N–H and O–H groups in total. The molecule has 11 heteroatoms. The number of unbranched alkanes of at least 4 members (excludes halogenated alkanes) is 1. The second-order valence-corrected chi connectivity index (χ2v) is 9.95. The van der Waals surface area contributed by atoms with E-state index in [0.29, 0.717) is 52.9 Å². The maximum Gasteiger partial charge on any atom is 0.264 e. The summed E-state index contributed by atoms with van der Waals surface area (Å²) < 4.78 is 13.9. The molecule has 0 bridgehead atoms. The first-order valence-electron chi connectivity index (χ1n) is 11.6. The highest BCUT2D eigenvalue weighted by molar-refractivity contribution is 9.10. The van der Waals surface area contributed by atoms with Crippen molar-refractivity contribution in [1.82, 2.24) is 20.0 Å². The zero-order chi connectivity index (χ0) is 24.1. The number of piperidine rings is 1. The summed E-state index contributed by atoms with van der Waals surface area (Å²) in [6.07, 6.45) is 4.68. The van der Waals surface area contributed by atoms with E-state index in [1.54, 1.807) is 16.9 Å². The third-order valence-corrected chi connectivity index (χ3v) is 7.58. The summed E-state index contributed by atoms with van der Waals surface area (Å²) in [6.45, 7) is 4.43. The fourth-order valence-corrected chi connectivity index (χ4v) is 4.97. The molecule has 0 saturated carbocycles. The number of hydrogen-bond donors (Lipinski definition) is 3.